The Morgan fingerprint density at radius 2 is 1.68 bits per heavy atom. The highest BCUT2D eigenvalue weighted by Crippen LogP contribution is 2.20. The van der Waals surface area contributed by atoms with E-state index in [2.05, 4.69) is 31.0 Å². The lowest BCUT2D eigenvalue weighted by Crippen LogP contribution is -2.40. The maximum atomic E-state index is 6.06. The molecule has 0 saturated carbocycles. The summed E-state index contributed by atoms with van der Waals surface area (Å²) in [5, 5.41) is 3.21. The highest BCUT2D eigenvalue weighted by molar-refractivity contribution is 4.75. The van der Waals surface area contributed by atoms with Crippen LogP contribution in [-0.4, -0.2) is 49.8 Å². The Morgan fingerprint density at radius 1 is 1.05 bits per heavy atom. The van der Waals surface area contributed by atoms with Gasteiger partial charge in [-0.2, -0.15) is 0 Å². The summed E-state index contributed by atoms with van der Waals surface area (Å²) in [7, 11) is 2.03. The minimum absolute atomic E-state index is 0.0140. The second-order valence-corrected chi connectivity index (χ2v) is 6.79. The first-order valence-corrected chi connectivity index (χ1v) is 8.06. The normalized spacial score (nSPS) is 18.9. The zero-order valence-electron chi connectivity index (χ0n) is 13.5. The lowest BCUT2D eigenvalue weighted by molar-refractivity contribution is -0.0820. The number of rotatable bonds is 8. The molecule has 1 N–H and O–H groups in total. The maximum absolute atomic E-state index is 6.06. The predicted octanol–water partition coefficient (Wildman–Crippen LogP) is 3.05. The van der Waals surface area contributed by atoms with Crippen LogP contribution in [0.3, 0.4) is 0 Å². The van der Waals surface area contributed by atoms with Crippen molar-refractivity contribution in [3.8, 4) is 0 Å². The SMILES string of the molecule is CNCCCCCCN1CCC(OC(C)(C)C)CC1. The first-order chi connectivity index (χ1) is 9.01. The molecule has 0 aliphatic carbocycles. The van der Waals surface area contributed by atoms with Crippen molar-refractivity contribution in [1.82, 2.24) is 10.2 Å². The molecule has 3 heteroatoms. The molecule has 0 unspecified atom stereocenters. The van der Waals surface area contributed by atoms with Crippen LogP contribution in [0.5, 0.6) is 0 Å². The van der Waals surface area contributed by atoms with Gasteiger partial charge in [0.2, 0.25) is 0 Å². The number of nitrogens with zero attached hydrogens (tertiary/aromatic N) is 1. The summed E-state index contributed by atoms with van der Waals surface area (Å²) in [6, 6.07) is 0. The topological polar surface area (TPSA) is 24.5 Å². The average Bonchev–Trinajstić information content (AvgIpc) is 2.34. The second kappa shape index (κ2) is 8.93. The molecule has 0 amide bonds. The van der Waals surface area contributed by atoms with E-state index in [1.807, 2.05) is 7.05 Å². The van der Waals surface area contributed by atoms with Crippen LogP contribution in [0.4, 0.5) is 0 Å². The quantitative estimate of drug-likeness (QED) is 0.686. The van der Waals surface area contributed by atoms with E-state index in [1.165, 1.54) is 58.2 Å². The van der Waals surface area contributed by atoms with Gasteiger partial charge in [0.15, 0.2) is 0 Å². The summed E-state index contributed by atoms with van der Waals surface area (Å²) in [5.41, 5.74) is 0.0140. The van der Waals surface area contributed by atoms with Crippen LogP contribution in [0.2, 0.25) is 0 Å². The zero-order chi connectivity index (χ0) is 14.1. The highest BCUT2D eigenvalue weighted by atomic mass is 16.5. The fourth-order valence-electron chi connectivity index (χ4n) is 2.74. The maximum Gasteiger partial charge on any atom is 0.0606 e. The summed E-state index contributed by atoms with van der Waals surface area (Å²) >= 11 is 0. The summed E-state index contributed by atoms with van der Waals surface area (Å²) < 4.78 is 6.06. The Kier molecular flexibility index (Phi) is 7.96. The van der Waals surface area contributed by atoms with Crippen LogP contribution >= 0.6 is 0 Å². The Balaban J connectivity index is 2.01. The predicted molar refractivity (Wildman–Crippen MR) is 82.7 cm³/mol. The molecular formula is C16H34N2O. The van der Waals surface area contributed by atoms with Gasteiger partial charge in [-0.25, -0.2) is 0 Å². The molecule has 0 bridgehead atoms. The number of ether oxygens (including phenoxy) is 1. The molecular weight excluding hydrogens is 236 g/mol. The molecule has 0 aromatic carbocycles. The van der Waals surface area contributed by atoms with Crippen LogP contribution in [0.25, 0.3) is 0 Å². The highest BCUT2D eigenvalue weighted by Gasteiger charge is 2.23. The Bertz CT molecular complexity index is 217. The van der Waals surface area contributed by atoms with Crippen molar-refractivity contribution in [1.29, 1.82) is 0 Å². The lowest BCUT2D eigenvalue weighted by atomic mass is 10.1. The van der Waals surface area contributed by atoms with Gasteiger partial charge in [-0.15, -0.1) is 0 Å². The van der Waals surface area contributed by atoms with E-state index < -0.39 is 0 Å². The van der Waals surface area contributed by atoms with E-state index in [-0.39, 0.29) is 5.60 Å². The van der Waals surface area contributed by atoms with E-state index in [0.29, 0.717) is 6.10 Å². The second-order valence-electron chi connectivity index (χ2n) is 6.79. The van der Waals surface area contributed by atoms with Gasteiger partial charge in [0, 0.05) is 13.1 Å². The molecule has 3 nitrogen and oxygen atoms in total. The minimum atomic E-state index is 0.0140. The fourth-order valence-corrected chi connectivity index (χ4v) is 2.74. The van der Waals surface area contributed by atoms with Crippen LogP contribution in [-0.2, 0) is 4.74 Å². The Labute approximate surface area is 120 Å². The molecule has 1 saturated heterocycles. The molecule has 114 valence electrons. The van der Waals surface area contributed by atoms with Gasteiger partial charge < -0.3 is 15.0 Å². The van der Waals surface area contributed by atoms with Crippen molar-refractivity contribution >= 4 is 0 Å². The summed E-state index contributed by atoms with van der Waals surface area (Å²) in [6.07, 6.45) is 8.30. The molecule has 1 fully saturated rings. The van der Waals surface area contributed by atoms with Crippen molar-refractivity contribution in [2.45, 2.75) is 71.0 Å². The molecule has 0 aromatic heterocycles. The van der Waals surface area contributed by atoms with Crippen LogP contribution in [0, 0.1) is 0 Å². The molecule has 1 rings (SSSR count). The summed E-state index contributed by atoms with van der Waals surface area (Å²) in [4.78, 5) is 2.61. The number of hydrogen-bond acceptors (Lipinski definition) is 3. The first kappa shape index (κ1) is 16.9. The number of hydrogen-bond donors (Lipinski definition) is 1. The molecule has 1 aliphatic rings. The average molecular weight is 270 g/mol. The van der Waals surface area contributed by atoms with Gasteiger partial charge >= 0.3 is 0 Å². The van der Waals surface area contributed by atoms with E-state index in [1.54, 1.807) is 0 Å². The van der Waals surface area contributed by atoms with Crippen molar-refractivity contribution in [2.75, 3.05) is 33.2 Å². The van der Waals surface area contributed by atoms with Gasteiger partial charge in [0.1, 0.15) is 0 Å². The van der Waals surface area contributed by atoms with Gasteiger partial charge in [-0.3, -0.25) is 0 Å². The Morgan fingerprint density at radius 3 is 2.26 bits per heavy atom. The largest absolute Gasteiger partial charge is 0.373 e. The Hall–Kier alpha value is -0.120. The van der Waals surface area contributed by atoms with Crippen LogP contribution < -0.4 is 5.32 Å². The van der Waals surface area contributed by atoms with Gasteiger partial charge in [-0.1, -0.05) is 12.8 Å². The molecule has 19 heavy (non-hydrogen) atoms. The van der Waals surface area contributed by atoms with E-state index in [0.717, 1.165) is 6.54 Å². The van der Waals surface area contributed by atoms with Crippen molar-refractivity contribution in [3.63, 3.8) is 0 Å². The molecule has 0 atom stereocenters. The number of nitrogens with one attached hydrogen (secondary N) is 1. The van der Waals surface area contributed by atoms with Gasteiger partial charge in [0.25, 0.3) is 0 Å². The van der Waals surface area contributed by atoms with Crippen molar-refractivity contribution < 1.29 is 4.74 Å². The van der Waals surface area contributed by atoms with Gasteiger partial charge in [-0.05, 0) is 66.6 Å². The van der Waals surface area contributed by atoms with E-state index in [9.17, 15) is 0 Å². The summed E-state index contributed by atoms with van der Waals surface area (Å²) in [6.45, 7) is 11.4. The molecule has 1 aliphatic heterocycles. The minimum Gasteiger partial charge on any atom is -0.373 e. The van der Waals surface area contributed by atoms with E-state index >= 15 is 0 Å². The molecule has 1 heterocycles. The molecule has 0 radical (unpaired) electrons. The monoisotopic (exact) mass is 270 g/mol. The third-order valence-corrected chi connectivity index (χ3v) is 3.71. The first-order valence-electron chi connectivity index (χ1n) is 8.06. The standard InChI is InChI=1S/C16H34N2O/c1-16(2,3)19-15-9-13-18(14-10-15)12-8-6-5-7-11-17-4/h15,17H,5-14H2,1-4H3. The third kappa shape index (κ3) is 8.61. The van der Waals surface area contributed by atoms with Crippen molar-refractivity contribution in [3.05, 3.63) is 0 Å². The molecule has 0 spiro atoms. The summed E-state index contributed by atoms with van der Waals surface area (Å²) in [5.74, 6) is 0. The number of piperidine rings is 1. The zero-order valence-corrected chi connectivity index (χ0v) is 13.5. The van der Waals surface area contributed by atoms with Crippen LogP contribution in [0.15, 0.2) is 0 Å². The molecule has 0 aromatic rings. The number of likely N-dealkylation sites (tertiary alicyclic amines) is 1. The number of unbranched alkanes of at least 4 members (excludes halogenated alkanes) is 3. The fraction of sp³-hybridized carbons (Fsp3) is 1.00. The lowest BCUT2D eigenvalue weighted by Gasteiger charge is -2.35. The van der Waals surface area contributed by atoms with Gasteiger partial charge in [0.05, 0.1) is 11.7 Å². The smallest absolute Gasteiger partial charge is 0.0606 e. The van der Waals surface area contributed by atoms with Crippen molar-refractivity contribution in [2.24, 2.45) is 0 Å². The third-order valence-electron chi connectivity index (χ3n) is 3.71. The van der Waals surface area contributed by atoms with E-state index in [4.69, 9.17) is 4.74 Å². The van der Waals surface area contributed by atoms with Crippen LogP contribution in [0.1, 0.15) is 59.3 Å².